The summed E-state index contributed by atoms with van der Waals surface area (Å²) in [7, 11) is 0. The van der Waals surface area contributed by atoms with Crippen LogP contribution in [0.3, 0.4) is 0 Å². The summed E-state index contributed by atoms with van der Waals surface area (Å²) < 4.78 is 0. The van der Waals surface area contributed by atoms with Gasteiger partial charge in [-0.15, -0.1) is 11.3 Å². The van der Waals surface area contributed by atoms with E-state index >= 15 is 0 Å². The highest BCUT2D eigenvalue weighted by atomic mass is 32.1. The second-order valence-corrected chi connectivity index (χ2v) is 5.24. The van der Waals surface area contributed by atoms with E-state index in [1.165, 1.54) is 51.4 Å². The van der Waals surface area contributed by atoms with Gasteiger partial charge in [-0.3, -0.25) is 0 Å². The highest BCUT2D eigenvalue weighted by Crippen LogP contribution is 2.22. The molecule has 0 spiro atoms. The lowest BCUT2D eigenvalue weighted by Gasteiger charge is -1.99. The van der Waals surface area contributed by atoms with Gasteiger partial charge in [0.25, 0.3) is 0 Å². The molecule has 0 aromatic carbocycles. The second kappa shape index (κ2) is 4.80. The van der Waals surface area contributed by atoms with Crippen molar-refractivity contribution in [2.24, 2.45) is 0 Å². The molecule has 0 N–H and O–H groups in total. The van der Waals surface area contributed by atoms with Crippen LogP contribution in [-0.2, 0) is 12.8 Å². The van der Waals surface area contributed by atoms with E-state index in [4.69, 9.17) is 0 Å². The first-order valence-corrected chi connectivity index (χ1v) is 6.34. The zero-order valence-corrected chi connectivity index (χ0v) is 9.04. The van der Waals surface area contributed by atoms with Crippen molar-refractivity contribution in [1.29, 1.82) is 0 Å². The Morgan fingerprint density at radius 2 is 1.15 bits per heavy atom. The van der Waals surface area contributed by atoms with E-state index in [2.05, 4.69) is 12.1 Å². The summed E-state index contributed by atoms with van der Waals surface area (Å²) in [5.74, 6) is 0. The van der Waals surface area contributed by atoms with Crippen molar-refractivity contribution in [2.75, 3.05) is 0 Å². The third-order valence-corrected chi connectivity index (χ3v) is 4.02. The quantitative estimate of drug-likeness (QED) is 0.581. The van der Waals surface area contributed by atoms with E-state index in [1.54, 1.807) is 9.75 Å². The van der Waals surface area contributed by atoms with Crippen molar-refractivity contribution in [3.05, 3.63) is 21.9 Å². The topological polar surface area (TPSA) is 0 Å². The summed E-state index contributed by atoms with van der Waals surface area (Å²) >= 11 is 2.04. The molecule has 2 bridgehead atoms. The van der Waals surface area contributed by atoms with Crippen LogP contribution in [0.5, 0.6) is 0 Å². The molecule has 1 aliphatic rings. The van der Waals surface area contributed by atoms with E-state index in [0.717, 1.165) is 0 Å². The first kappa shape index (κ1) is 9.26. The molecule has 72 valence electrons. The van der Waals surface area contributed by atoms with Crippen LogP contribution in [0.25, 0.3) is 0 Å². The van der Waals surface area contributed by atoms with Gasteiger partial charge in [-0.05, 0) is 37.8 Å². The summed E-state index contributed by atoms with van der Waals surface area (Å²) in [6.07, 6.45) is 11.2. The maximum Gasteiger partial charge on any atom is 0.00481 e. The lowest BCUT2D eigenvalue weighted by atomic mass is 10.1. The third-order valence-electron chi connectivity index (χ3n) is 2.81. The summed E-state index contributed by atoms with van der Waals surface area (Å²) in [6.45, 7) is 0. The van der Waals surface area contributed by atoms with Gasteiger partial charge in [0.1, 0.15) is 0 Å². The third kappa shape index (κ3) is 2.84. The van der Waals surface area contributed by atoms with Crippen LogP contribution < -0.4 is 0 Å². The Kier molecular flexibility index (Phi) is 3.42. The molecule has 0 atom stereocenters. The molecule has 1 aromatic rings. The van der Waals surface area contributed by atoms with Crippen LogP contribution in [0.4, 0.5) is 0 Å². The molecule has 0 nitrogen and oxygen atoms in total. The van der Waals surface area contributed by atoms with Gasteiger partial charge in [0.05, 0.1) is 0 Å². The maximum atomic E-state index is 2.33. The number of rotatable bonds is 0. The smallest absolute Gasteiger partial charge is 0.00481 e. The molecule has 0 radical (unpaired) electrons. The van der Waals surface area contributed by atoms with Gasteiger partial charge in [-0.25, -0.2) is 0 Å². The monoisotopic (exact) mass is 194 g/mol. The van der Waals surface area contributed by atoms with Crippen LogP contribution in [0.2, 0.25) is 0 Å². The minimum Gasteiger partial charge on any atom is -0.145 e. The van der Waals surface area contributed by atoms with E-state index in [-0.39, 0.29) is 0 Å². The number of thiophene rings is 1. The molecule has 0 unspecified atom stereocenters. The molecule has 1 aromatic heterocycles. The Bertz CT molecular complexity index is 225. The molecule has 2 heterocycles. The largest absolute Gasteiger partial charge is 0.145 e. The van der Waals surface area contributed by atoms with Crippen LogP contribution in [0, 0.1) is 0 Å². The predicted molar refractivity (Wildman–Crippen MR) is 59.4 cm³/mol. The number of hydrogen-bond donors (Lipinski definition) is 0. The fourth-order valence-corrected chi connectivity index (χ4v) is 3.10. The van der Waals surface area contributed by atoms with Gasteiger partial charge in [0, 0.05) is 9.75 Å². The van der Waals surface area contributed by atoms with Gasteiger partial charge >= 0.3 is 0 Å². The summed E-state index contributed by atoms with van der Waals surface area (Å²) in [6, 6.07) is 4.67. The van der Waals surface area contributed by atoms with E-state index < -0.39 is 0 Å². The first-order chi connectivity index (χ1) is 6.45. The minimum atomic E-state index is 1.32. The fraction of sp³-hybridized carbons (Fsp3) is 0.667. The Hall–Kier alpha value is -0.300. The van der Waals surface area contributed by atoms with Crippen molar-refractivity contribution in [1.82, 2.24) is 0 Å². The van der Waals surface area contributed by atoms with Gasteiger partial charge < -0.3 is 0 Å². The van der Waals surface area contributed by atoms with Crippen molar-refractivity contribution in [3.63, 3.8) is 0 Å². The van der Waals surface area contributed by atoms with Gasteiger partial charge in [-0.2, -0.15) is 0 Å². The number of hydrogen-bond acceptors (Lipinski definition) is 1. The molecule has 2 rings (SSSR count). The van der Waals surface area contributed by atoms with Crippen LogP contribution >= 0.6 is 11.3 Å². The Morgan fingerprint density at radius 3 is 1.69 bits per heavy atom. The first-order valence-electron chi connectivity index (χ1n) is 5.53. The minimum absolute atomic E-state index is 1.32. The van der Waals surface area contributed by atoms with Gasteiger partial charge in [0.2, 0.25) is 0 Å². The molecule has 0 amide bonds. The van der Waals surface area contributed by atoms with Crippen molar-refractivity contribution in [2.45, 2.75) is 51.4 Å². The lowest BCUT2D eigenvalue weighted by Crippen LogP contribution is -1.83. The van der Waals surface area contributed by atoms with Crippen molar-refractivity contribution < 1.29 is 0 Å². The second-order valence-electron chi connectivity index (χ2n) is 3.99. The van der Waals surface area contributed by atoms with E-state index in [0.29, 0.717) is 0 Å². The normalized spacial score (nSPS) is 19.4. The Labute approximate surface area is 85.0 Å². The zero-order valence-electron chi connectivity index (χ0n) is 8.22. The average Bonchev–Trinajstić information content (AvgIpc) is 2.52. The van der Waals surface area contributed by atoms with Gasteiger partial charge in [-0.1, -0.05) is 25.7 Å². The maximum absolute atomic E-state index is 2.33. The van der Waals surface area contributed by atoms with Crippen LogP contribution in [0.1, 0.15) is 48.3 Å². The van der Waals surface area contributed by atoms with Crippen LogP contribution in [-0.4, -0.2) is 0 Å². The highest BCUT2D eigenvalue weighted by Gasteiger charge is 2.02. The van der Waals surface area contributed by atoms with Crippen molar-refractivity contribution >= 4 is 11.3 Å². The molecular formula is C12H18S. The SMILES string of the molecule is c1cc2sc1CCCCCCCC2. The Balaban J connectivity index is 1.99. The summed E-state index contributed by atoms with van der Waals surface area (Å²) in [4.78, 5) is 3.22. The molecule has 0 saturated heterocycles. The molecular weight excluding hydrogens is 176 g/mol. The predicted octanol–water partition coefficient (Wildman–Crippen LogP) is 4.19. The van der Waals surface area contributed by atoms with Crippen LogP contribution in [0.15, 0.2) is 12.1 Å². The highest BCUT2D eigenvalue weighted by molar-refractivity contribution is 7.11. The molecule has 1 aliphatic heterocycles. The number of aryl methyl sites for hydroxylation is 2. The molecule has 0 saturated carbocycles. The van der Waals surface area contributed by atoms with E-state index in [1.807, 2.05) is 11.3 Å². The molecule has 0 fully saturated rings. The zero-order chi connectivity index (χ0) is 8.93. The van der Waals surface area contributed by atoms with Crippen molar-refractivity contribution in [3.8, 4) is 0 Å². The fourth-order valence-electron chi connectivity index (χ4n) is 2.00. The lowest BCUT2D eigenvalue weighted by molar-refractivity contribution is 0.597. The van der Waals surface area contributed by atoms with Gasteiger partial charge in [0.15, 0.2) is 0 Å². The molecule has 0 aliphatic carbocycles. The summed E-state index contributed by atoms with van der Waals surface area (Å²) in [5, 5.41) is 0. The standard InChI is InChI=1S/C12H18S/c1-2-4-6-8-12-10-9-11(13-12)7-5-3-1/h9-10H,1-8H2. The molecule has 1 heteroatoms. The summed E-state index contributed by atoms with van der Waals surface area (Å²) in [5.41, 5.74) is 0. The average molecular weight is 194 g/mol. The number of fused-ring (bicyclic) bond motifs is 2. The Morgan fingerprint density at radius 1 is 0.692 bits per heavy atom. The molecule has 13 heavy (non-hydrogen) atoms. The van der Waals surface area contributed by atoms with E-state index in [9.17, 15) is 0 Å².